The molecule has 1 unspecified atom stereocenters. The first-order valence-electron chi connectivity index (χ1n) is 6.68. The van der Waals surface area contributed by atoms with E-state index in [1.54, 1.807) is 24.8 Å². The van der Waals surface area contributed by atoms with Gasteiger partial charge in [-0.1, -0.05) is 13.0 Å². The van der Waals surface area contributed by atoms with Crippen molar-refractivity contribution in [2.24, 2.45) is 0 Å². The van der Waals surface area contributed by atoms with Crippen molar-refractivity contribution in [2.75, 3.05) is 28.7 Å². The Labute approximate surface area is 135 Å². The third-order valence-electron chi connectivity index (χ3n) is 3.55. The molecule has 0 saturated carbocycles. The van der Waals surface area contributed by atoms with Crippen LogP contribution in [0.25, 0.3) is 0 Å². The third-order valence-corrected chi connectivity index (χ3v) is 7.14. The van der Waals surface area contributed by atoms with Crippen molar-refractivity contribution in [1.29, 1.82) is 5.26 Å². The van der Waals surface area contributed by atoms with Crippen LogP contribution in [0.5, 0.6) is 0 Å². The van der Waals surface area contributed by atoms with Crippen LogP contribution in [0.15, 0.2) is 18.2 Å². The predicted molar refractivity (Wildman–Crippen MR) is 88.6 cm³/mol. The minimum Gasteiger partial charge on any atom is -0.352 e. The summed E-state index contributed by atoms with van der Waals surface area (Å²) in [5.41, 5.74) is 2.03. The Morgan fingerprint density at radius 2 is 2.29 bits per heavy atom. The maximum Gasteiger partial charge on any atom is 0.171 e. The lowest BCUT2D eigenvalue weighted by Gasteiger charge is -2.37. The molecule has 114 valence electrons. The van der Waals surface area contributed by atoms with Gasteiger partial charge in [-0.05, 0) is 17.7 Å². The van der Waals surface area contributed by atoms with Gasteiger partial charge in [-0.3, -0.25) is 0 Å². The number of nitriles is 1. The standard InChI is InChI=1S/C14H17ClN2O2S2/c1-2-21(18,19)14-10-20-6-5-17(14)13-4-3-11(8-15)7-12(13)9-16/h3-4,7,14H,2,5-6,8,10H2,1H3. The van der Waals surface area contributed by atoms with Gasteiger partial charge >= 0.3 is 0 Å². The number of alkyl halides is 1. The summed E-state index contributed by atoms with van der Waals surface area (Å²) in [6.07, 6.45) is 0. The number of benzene rings is 1. The summed E-state index contributed by atoms with van der Waals surface area (Å²) in [5.74, 6) is 1.84. The highest BCUT2D eigenvalue weighted by molar-refractivity contribution is 8.01. The SMILES string of the molecule is CCS(=O)(=O)C1CSCCN1c1ccc(CCl)cc1C#N. The van der Waals surface area contributed by atoms with Gasteiger partial charge in [0.25, 0.3) is 0 Å². The van der Waals surface area contributed by atoms with Crippen molar-refractivity contribution in [3.05, 3.63) is 29.3 Å². The third kappa shape index (κ3) is 3.47. The van der Waals surface area contributed by atoms with Crippen LogP contribution in [0.1, 0.15) is 18.1 Å². The smallest absolute Gasteiger partial charge is 0.171 e. The molecule has 4 nitrogen and oxygen atoms in total. The van der Waals surface area contributed by atoms with Gasteiger partial charge in [0.05, 0.1) is 11.3 Å². The normalized spacial score (nSPS) is 19.3. The molecule has 1 fully saturated rings. The number of hydrogen-bond donors (Lipinski definition) is 0. The molecular weight excluding hydrogens is 328 g/mol. The number of anilines is 1. The van der Waals surface area contributed by atoms with Gasteiger partial charge in [-0.2, -0.15) is 17.0 Å². The fourth-order valence-corrected chi connectivity index (χ4v) is 5.50. The van der Waals surface area contributed by atoms with Gasteiger partial charge in [-0.25, -0.2) is 8.42 Å². The molecule has 0 amide bonds. The van der Waals surface area contributed by atoms with Crippen molar-refractivity contribution >= 4 is 38.9 Å². The molecule has 1 aliphatic heterocycles. The molecule has 1 saturated heterocycles. The molecule has 0 N–H and O–H groups in total. The molecule has 0 aliphatic carbocycles. The summed E-state index contributed by atoms with van der Waals surface area (Å²) >= 11 is 7.44. The van der Waals surface area contributed by atoms with Crippen molar-refractivity contribution < 1.29 is 8.42 Å². The molecule has 1 atom stereocenters. The summed E-state index contributed by atoms with van der Waals surface area (Å²) < 4.78 is 24.6. The van der Waals surface area contributed by atoms with Crippen LogP contribution >= 0.6 is 23.4 Å². The van der Waals surface area contributed by atoms with E-state index in [9.17, 15) is 13.7 Å². The van der Waals surface area contributed by atoms with E-state index in [0.29, 0.717) is 29.4 Å². The highest BCUT2D eigenvalue weighted by Gasteiger charge is 2.33. The van der Waals surface area contributed by atoms with E-state index in [2.05, 4.69) is 6.07 Å². The lowest BCUT2D eigenvalue weighted by molar-refractivity contribution is 0.579. The van der Waals surface area contributed by atoms with E-state index < -0.39 is 15.2 Å². The van der Waals surface area contributed by atoms with Gasteiger partial charge in [0, 0.05) is 29.7 Å². The van der Waals surface area contributed by atoms with Crippen LogP contribution in [0.3, 0.4) is 0 Å². The Morgan fingerprint density at radius 3 is 2.90 bits per heavy atom. The summed E-state index contributed by atoms with van der Waals surface area (Å²) in [5, 5.41) is 8.78. The largest absolute Gasteiger partial charge is 0.352 e. The Balaban J connectivity index is 2.45. The number of halogens is 1. The minimum absolute atomic E-state index is 0.108. The first kappa shape index (κ1) is 16.5. The maximum absolute atomic E-state index is 12.3. The number of hydrogen-bond acceptors (Lipinski definition) is 5. The lowest BCUT2D eigenvalue weighted by Crippen LogP contribution is -2.48. The quantitative estimate of drug-likeness (QED) is 0.786. The molecule has 21 heavy (non-hydrogen) atoms. The average Bonchev–Trinajstić information content (AvgIpc) is 2.54. The van der Waals surface area contributed by atoms with E-state index in [1.807, 2.05) is 17.0 Å². The minimum atomic E-state index is -3.19. The molecule has 2 rings (SSSR count). The zero-order valence-electron chi connectivity index (χ0n) is 11.8. The molecular formula is C14H17ClN2O2S2. The van der Waals surface area contributed by atoms with Gasteiger partial charge in [0.15, 0.2) is 9.84 Å². The summed E-state index contributed by atoms with van der Waals surface area (Å²) in [7, 11) is -3.19. The number of rotatable bonds is 4. The van der Waals surface area contributed by atoms with E-state index in [-0.39, 0.29) is 5.75 Å². The van der Waals surface area contributed by atoms with Crippen LogP contribution in [0, 0.1) is 11.3 Å². The first-order valence-corrected chi connectivity index (χ1v) is 10.1. The van der Waals surface area contributed by atoms with Crippen molar-refractivity contribution in [3.8, 4) is 6.07 Å². The second kappa shape index (κ2) is 6.91. The fourth-order valence-electron chi connectivity index (χ4n) is 2.35. The van der Waals surface area contributed by atoms with Crippen LogP contribution in [-0.4, -0.2) is 37.6 Å². The van der Waals surface area contributed by atoms with Gasteiger partial charge < -0.3 is 4.90 Å². The average molecular weight is 345 g/mol. The van der Waals surface area contributed by atoms with E-state index in [1.165, 1.54) is 0 Å². The summed E-state index contributed by atoms with van der Waals surface area (Å²) in [4.78, 5) is 1.85. The van der Waals surface area contributed by atoms with Crippen molar-refractivity contribution in [1.82, 2.24) is 0 Å². The molecule has 0 bridgehead atoms. The van der Waals surface area contributed by atoms with Crippen LogP contribution in [0.4, 0.5) is 5.69 Å². The Hall–Kier alpha value is -0.900. The summed E-state index contributed by atoms with van der Waals surface area (Å²) in [6, 6.07) is 7.55. The molecule has 0 aromatic heterocycles. The van der Waals surface area contributed by atoms with Gasteiger partial charge in [0.1, 0.15) is 11.4 Å². The van der Waals surface area contributed by atoms with Gasteiger partial charge in [-0.15, -0.1) is 11.6 Å². The summed E-state index contributed by atoms with van der Waals surface area (Å²) in [6.45, 7) is 2.29. The highest BCUT2D eigenvalue weighted by Crippen LogP contribution is 2.30. The Morgan fingerprint density at radius 1 is 1.52 bits per heavy atom. The van der Waals surface area contributed by atoms with E-state index in [0.717, 1.165) is 11.3 Å². The highest BCUT2D eigenvalue weighted by atomic mass is 35.5. The molecule has 1 aliphatic rings. The zero-order valence-corrected chi connectivity index (χ0v) is 14.1. The maximum atomic E-state index is 12.3. The first-order chi connectivity index (χ1) is 10.0. The molecule has 1 aromatic rings. The number of nitrogens with zero attached hydrogens (tertiary/aromatic N) is 2. The second-order valence-electron chi connectivity index (χ2n) is 4.77. The van der Waals surface area contributed by atoms with Crippen molar-refractivity contribution in [2.45, 2.75) is 18.2 Å². The van der Waals surface area contributed by atoms with Crippen LogP contribution < -0.4 is 4.90 Å². The predicted octanol–water partition coefficient (Wildman–Crippen LogP) is 2.61. The number of thioether (sulfide) groups is 1. The van der Waals surface area contributed by atoms with E-state index >= 15 is 0 Å². The molecule has 1 heterocycles. The second-order valence-corrected chi connectivity index (χ2v) is 8.64. The number of sulfone groups is 1. The Bertz CT molecular complexity index is 655. The van der Waals surface area contributed by atoms with Crippen LogP contribution in [0.2, 0.25) is 0 Å². The van der Waals surface area contributed by atoms with E-state index in [4.69, 9.17) is 11.6 Å². The topological polar surface area (TPSA) is 61.2 Å². The van der Waals surface area contributed by atoms with Crippen molar-refractivity contribution in [3.63, 3.8) is 0 Å². The zero-order chi connectivity index (χ0) is 15.5. The molecule has 0 spiro atoms. The molecule has 1 aromatic carbocycles. The van der Waals surface area contributed by atoms with Crippen LogP contribution in [-0.2, 0) is 15.7 Å². The molecule has 7 heteroatoms. The molecule has 0 radical (unpaired) electrons. The fraction of sp³-hybridized carbons (Fsp3) is 0.500. The monoisotopic (exact) mass is 344 g/mol. The van der Waals surface area contributed by atoms with Gasteiger partial charge in [0.2, 0.25) is 0 Å². The Kier molecular flexibility index (Phi) is 5.42. The lowest BCUT2D eigenvalue weighted by atomic mass is 10.1.